The molecule has 2 heterocycles. The summed E-state index contributed by atoms with van der Waals surface area (Å²) in [6.45, 7) is 2.25. The number of rotatable bonds is 5. The van der Waals surface area contributed by atoms with E-state index < -0.39 is 0 Å². The number of nitrogens with one attached hydrogen (secondary N) is 2. The highest BCUT2D eigenvalue weighted by Gasteiger charge is 2.15. The van der Waals surface area contributed by atoms with E-state index in [9.17, 15) is 9.59 Å². The van der Waals surface area contributed by atoms with Crippen molar-refractivity contribution in [3.63, 3.8) is 0 Å². The lowest BCUT2D eigenvalue weighted by molar-refractivity contribution is 0.0962. The van der Waals surface area contributed by atoms with Gasteiger partial charge in [0.2, 0.25) is 5.95 Å². The molecule has 0 radical (unpaired) electrons. The summed E-state index contributed by atoms with van der Waals surface area (Å²) in [7, 11) is 0. The number of para-hydroxylation sites is 1. The zero-order valence-electron chi connectivity index (χ0n) is 17.2. The molecule has 0 aliphatic heterocycles. The first-order valence-electron chi connectivity index (χ1n) is 10.2. The number of amides is 1. The van der Waals surface area contributed by atoms with Crippen molar-refractivity contribution >= 4 is 33.7 Å². The molecule has 0 spiro atoms. The number of benzene rings is 3. The van der Waals surface area contributed by atoms with Gasteiger partial charge in [0.25, 0.3) is 11.5 Å². The van der Waals surface area contributed by atoms with Crippen LogP contribution >= 0.6 is 0 Å². The van der Waals surface area contributed by atoms with E-state index >= 15 is 0 Å². The third kappa shape index (κ3) is 3.37. The number of hydrazine groups is 1. The lowest BCUT2D eigenvalue weighted by atomic mass is 10.1. The van der Waals surface area contributed by atoms with Gasteiger partial charge in [0.15, 0.2) is 5.76 Å². The smallest absolute Gasteiger partial charge is 0.269 e. The summed E-state index contributed by atoms with van der Waals surface area (Å²) in [6.07, 6.45) is 0. The van der Waals surface area contributed by atoms with E-state index in [1.54, 1.807) is 36.4 Å². The predicted octanol–water partition coefficient (Wildman–Crippen LogP) is 3.98. The molecule has 5 aromatic rings. The molecule has 0 bridgehead atoms. The Kier molecular flexibility index (Phi) is 4.87. The van der Waals surface area contributed by atoms with E-state index in [1.165, 1.54) is 4.57 Å². The van der Waals surface area contributed by atoms with Crippen molar-refractivity contribution in [2.24, 2.45) is 0 Å². The summed E-state index contributed by atoms with van der Waals surface area (Å²) in [4.78, 5) is 30.1. The number of nitrogens with zero attached hydrogens (tertiary/aromatic N) is 3. The van der Waals surface area contributed by atoms with Crippen LogP contribution in [0.25, 0.3) is 33.1 Å². The highest BCUT2D eigenvalue weighted by Crippen LogP contribution is 2.29. The molecule has 2 N–H and O–H groups in total. The first-order valence-corrected chi connectivity index (χ1v) is 10.2. The molecule has 3 aromatic carbocycles. The molecule has 0 fully saturated rings. The summed E-state index contributed by atoms with van der Waals surface area (Å²) >= 11 is 0. The minimum absolute atomic E-state index is 0.173. The maximum atomic E-state index is 12.8. The lowest BCUT2D eigenvalue weighted by Crippen LogP contribution is -2.34. The standard InChI is InChI=1S/C24H19N5O3/c1-2-29-23(31)17-10-6-7-11-19(17)25-24(29)27-26-22(30)16-12-13-20-18(14-16)21(32-28-20)15-8-4-3-5-9-15/h3-14H,2H2,1H3,(H,25,27)(H,26,30). The van der Waals surface area contributed by atoms with Crippen molar-refractivity contribution in [2.75, 3.05) is 5.43 Å². The Balaban J connectivity index is 1.44. The highest BCUT2D eigenvalue weighted by molar-refractivity contribution is 6.01. The van der Waals surface area contributed by atoms with Crippen molar-refractivity contribution in [1.82, 2.24) is 20.1 Å². The Morgan fingerprint density at radius 2 is 1.75 bits per heavy atom. The Morgan fingerprint density at radius 1 is 0.969 bits per heavy atom. The van der Waals surface area contributed by atoms with Gasteiger partial charge < -0.3 is 4.52 Å². The molecule has 8 heteroatoms. The van der Waals surface area contributed by atoms with E-state index in [4.69, 9.17) is 4.52 Å². The van der Waals surface area contributed by atoms with Gasteiger partial charge in [-0.15, -0.1) is 0 Å². The zero-order valence-corrected chi connectivity index (χ0v) is 17.2. The number of anilines is 1. The second kappa shape index (κ2) is 7.99. The van der Waals surface area contributed by atoms with Crippen molar-refractivity contribution in [2.45, 2.75) is 13.5 Å². The number of hydrogen-bond donors (Lipinski definition) is 2. The molecule has 8 nitrogen and oxygen atoms in total. The van der Waals surface area contributed by atoms with Gasteiger partial charge in [-0.2, -0.15) is 0 Å². The highest BCUT2D eigenvalue weighted by atomic mass is 16.5. The predicted molar refractivity (Wildman–Crippen MR) is 122 cm³/mol. The van der Waals surface area contributed by atoms with Crippen molar-refractivity contribution < 1.29 is 9.32 Å². The Bertz CT molecular complexity index is 1510. The Labute approximate surface area is 182 Å². The second-order valence-electron chi connectivity index (χ2n) is 7.19. The van der Waals surface area contributed by atoms with Crippen LogP contribution in [0.3, 0.4) is 0 Å². The van der Waals surface area contributed by atoms with E-state index in [0.29, 0.717) is 34.3 Å². The first-order chi connectivity index (χ1) is 15.7. The summed E-state index contributed by atoms with van der Waals surface area (Å²) in [5, 5.41) is 5.34. The maximum absolute atomic E-state index is 12.8. The number of carbonyl (C=O) groups is 1. The summed E-state index contributed by atoms with van der Waals surface area (Å²) in [6, 6.07) is 21.8. The SMILES string of the molecule is CCn1c(NNC(=O)c2ccc3noc(-c4ccccc4)c3c2)nc2ccccc2c1=O. The van der Waals surface area contributed by atoms with Gasteiger partial charge in [-0.25, -0.2) is 4.98 Å². The molecular formula is C24H19N5O3. The molecule has 32 heavy (non-hydrogen) atoms. The Morgan fingerprint density at radius 3 is 2.56 bits per heavy atom. The van der Waals surface area contributed by atoms with E-state index in [0.717, 1.165) is 10.9 Å². The van der Waals surface area contributed by atoms with Crippen LogP contribution in [0.5, 0.6) is 0 Å². The van der Waals surface area contributed by atoms with Crippen LogP contribution in [0.1, 0.15) is 17.3 Å². The zero-order chi connectivity index (χ0) is 22.1. The molecule has 0 unspecified atom stereocenters. The molecule has 1 amide bonds. The second-order valence-corrected chi connectivity index (χ2v) is 7.19. The molecule has 0 saturated carbocycles. The minimum atomic E-state index is -0.378. The molecule has 2 aromatic heterocycles. The normalized spacial score (nSPS) is 11.0. The fraction of sp³-hybridized carbons (Fsp3) is 0.0833. The molecule has 0 atom stereocenters. The van der Waals surface area contributed by atoms with E-state index in [2.05, 4.69) is 21.0 Å². The third-order valence-corrected chi connectivity index (χ3v) is 5.24. The summed E-state index contributed by atoms with van der Waals surface area (Å²) in [5.74, 6) is 0.483. The number of hydrogen-bond acceptors (Lipinski definition) is 6. The van der Waals surface area contributed by atoms with Gasteiger partial charge in [-0.1, -0.05) is 47.6 Å². The topological polar surface area (TPSA) is 102 Å². The minimum Gasteiger partial charge on any atom is -0.355 e. The van der Waals surface area contributed by atoms with Gasteiger partial charge in [0.05, 0.1) is 16.3 Å². The molecule has 158 valence electrons. The van der Waals surface area contributed by atoms with Gasteiger partial charge in [0.1, 0.15) is 5.52 Å². The van der Waals surface area contributed by atoms with Gasteiger partial charge in [0, 0.05) is 17.7 Å². The fourth-order valence-corrected chi connectivity index (χ4v) is 3.62. The average Bonchev–Trinajstić information content (AvgIpc) is 3.26. The maximum Gasteiger partial charge on any atom is 0.269 e. The molecule has 0 saturated heterocycles. The fourth-order valence-electron chi connectivity index (χ4n) is 3.62. The van der Waals surface area contributed by atoms with Crippen LogP contribution in [0.2, 0.25) is 0 Å². The van der Waals surface area contributed by atoms with Crippen LogP contribution in [0.4, 0.5) is 5.95 Å². The molecule has 0 aliphatic carbocycles. The number of carbonyl (C=O) groups excluding carboxylic acids is 1. The molecule has 5 rings (SSSR count). The quantitative estimate of drug-likeness (QED) is 0.413. The van der Waals surface area contributed by atoms with Gasteiger partial charge in [-0.05, 0) is 37.3 Å². The summed E-state index contributed by atoms with van der Waals surface area (Å²) < 4.78 is 6.98. The van der Waals surface area contributed by atoms with Crippen molar-refractivity contribution in [3.8, 4) is 11.3 Å². The molecular weight excluding hydrogens is 406 g/mol. The van der Waals surface area contributed by atoms with Crippen LogP contribution in [-0.2, 0) is 6.54 Å². The van der Waals surface area contributed by atoms with Crippen LogP contribution in [0.15, 0.2) is 82.1 Å². The van der Waals surface area contributed by atoms with Gasteiger partial charge >= 0.3 is 0 Å². The van der Waals surface area contributed by atoms with Crippen LogP contribution in [0, 0.1) is 0 Å². The number of fused-ring (bicyclic) bond motifs is 2. The van der Waals surface area contributed by atoms with Crippen LogP contribution < -0.4 is 16.4 Å². The molecule has 0 aliphatic rings. The lowest BCUT2D eigenvalue weighted by Gasteiger charge is -2.14. The van der Waals surface area contributed by atoms with E-state index in [1.807, 2.05) is 43.3 Å². The van der Waals surface area contributed by atoms with Crippen molar-refractivity contribution in [3.05, 3.63) is 88.7 Å². The monoisotopic (exact) mass is 425 g/mol. The average molecular weight is 425 g/mol. The number of aromatic nitrogens is 3. The summed E-state index contributed by atoms with van der Waals surface area (Å²) in [5.41, 5.74) is 7.76. The van der Waals surface area contributed by atoms with Crippen molar-refractivity contribution in [1.29, 1.82) is 0 Å². The van der Waals surface area contributed by atoms with Gasteiger partial charge in [-0.3, -0.25) is 25.0 Å². The van der Waals surface area contributed by atoms with E-state index in [-0.39, 0.29) is 17.4 Å². The third-order valence-electron chi connectivity index (χ3n) is 5.24. The van der Waals surface area contributed by atoms with Crippen LogP contribution in [-0.4, -0.2) is 20.6 Å². The first kappa shape index (κ1) is 19.5. The largest absolute Gasteiger partial charge is 0.355 e. The Hall–Kier alpha value is -4.46.